The Hall–Kier alpha value is -3.22. The molecule has 2 rings (SSSR count). The molecule has 0 fully saturated rings. The standard InChI is InChI=1S/C18H20N2O5/c1-23-14-7-8-15(16(10-14)24-2)19-11-17(21)20-13-6-4-5-12(9-13)18(22)25-3/h4-10,19H,11H2,1-3H3,(H,20,21). The third-order valence-electron chi connectivity index (χ3n) is 3.42. The molecule has 132 valence electrons. The summed E-state index contributed by atoms with van der Waals surface area (Å²) in [6, 6.07) is 11.8. The van der Waals surface area contributed by atoms with Crippen molar-refractivity contribution in [2.75, 3.05) is 38.5 Å². The fraction of sp³-hybridized carbons (Fsp3) is 0.222. The minimum absolute atomic E-state index is 0.0329. The highest BCUT2D eigenvalue weighted by Gasteiger charge is 2.09. The first-order valence-electron chi connectivity index (χ1n) is 7.51. The maximum absolute atomic E-state index is 12.1. The van der Waals surface area contributed by atoms with E-state index in [-0.39, 0.29) is 12.5 Å². The second-order valence-electron chi connectivity index (χ2n) is 5.04. The number of carbonyl (C=O) groups excluding carboxylic acids is 2. The van der Waals surface area contributed by atoms with Gasteiger partial charge in [-0.25, -0.2) is 4.79 Å². The topological polar surface area (TPSA) is 85.9 Å². The molecule has 0 aliphatic rings. The Morgan fingerprint density at radius 1 is 1.00 bits per heavy atom. The summed E-state index contributed by atoms with van der Waals surface area (Å²) in [5.74, 6) is 0.503. The van der Waals surface area contributed by atoms with Crippen molar-refractivity contribution in [3.05, 3.63) is 48.0 Å². The van der Waals surface area contributed by atoms with Gasteiger partial charge in [0.1, 0.15) is 11.5 Å². The van der Waals surface area contributed by atoms with Crippen LogP contribution in [0.1, 0.15) is 10.4 Å². The molecule has 0 saturated heterocycles. The van der Waals surface area contributed by atoms with Gasteiger partial charge in [-0.1, -0.05) is 6.07 Å². The van der Waals surface area contributed by atoms with Crippen LogP contribution in [0.4, 0.5) is 11.4 Å². The van der Waals surface area contributed by atoms with Gasteiger partial charge < -0.3 is 24.8 Å². The Balaban J connectivity index is 1.98. The third-order valence-corrected chi connectivity index (χ3v) is 3.42. The molecule has 0 aliphatic carbocycles. The van der Waals surface area contributed by atoms with Crippen molar-refractivity contribution in [3.63, 3.8) is 0 Å². The second kappa shape index (κ2) is 8.58. The lowest BCUT2D eigenvalue weighted by atomic mass is 10.2. The number of hydrogen-bond donors (Lipinski definition) is 2. The zero-order valence-electron chi connectivity index (χ0n) is 14.3. The van der Waals surface area contributed by atoms with Crippen LogP contribution in [0.15, 0.2) is 42.5 Å². The number of amides is 1. The van der Waals surface area contributed by atoms with Crippen molar-refractivity contribution in [2.45, 2.75) is 0 Å². The van der Waals surface area contributed by atoms with Gasteiger partial charge in [0.15, 0.2) is 0 Å². The summed E-state index contributed by atoms with van der Waals surface area (Å²) in [5.41, 5.74) is 1.54. The third kappa shape index (κ3) is 4.87. The maximum Gasteiger partial charge on any atom is 0.337 e. The van der Waals surface area contributed by atoms with Crippen molar-refractivity contribution in [1.29, 1.82) is 0 Å². The largest absolute Gasteiger partial charge is 0.497 e. The molecule has 0 aliphatic heterocycles. The Morgan fingerprint density at radius 2 is 1.80 bits per heavy atom. The average molecular weight is 344 g/mol. The SMILES string of the molecule is COC(=O)c1cccc(NC(=O)CNc2ccc(OC)cc2OC)c1. The van der Waals surface area contributed by atoms with Crippen LogP contribution in [-0.4, -0.2) is 39.8 Å². The van der Waals surface area contributed by atoms with E-state index in [1.807, 2.05) is 0 Å². The number of esters is 1. The molecule has 0 heterocycles. The van der Waals surface area contributed by atoms with E-state index in [2.05, 4.69) is 15.4 Å². The molecule has 2 N–H and O–H groups in total. The monoisotopic (exact) mass is 344 g/mol. The normalized spacial score (nSPS) is 9.88. The number of rotatable bonds is 7. The molecule has 2 aromatic rings. The fourth-order valence-electron chi connectivity index (χ4n) is 2.17. The molecule has 2 aromatic carbocycles. The Morgan fingerprint density at radius 3 is 2.48 bits per heavy atom. The average Bonchev–Trinajstić information content (AvgIpc) is 2.65. The number of carbonyl (C=O) groups is 2. The van der Waals surface area contributed by atoms with Gasteiger partial charge in [0, 0.05) is 11.8 Å². The molecular weight excluding hydrogens is 324 g/mol. The van der Waals surface area contributed by atoms with Crippen LogP contribution in [0.5, 0.6) is 11.5 Å². The molecule has 1 amide bonds. The molecule has 7 nitrogen and oxygen atoms in total. The highest BCUT2D eigenvalue weighted by atomic mass is 16.5. The van der Waals surface area contributed by atoms with Gasteiger partial charge in [0.05, 0.1) is 39.1 Å². The van der Waals surface area contributed by atoms with Crippen molar-refractivity contribution < 1.29 is 23.8 Å². The highest BCUT2D eigenvalue weighted by Crippen LogP contribution is 2.28. The summed E-state index contributed by atoms with van der Waals surface area (Å²) in [7, 11) is 4.41. The number of benzene rings is 2. The molecule has 0 bridgehead atoms. The lowest BCUT2D eigenvalue weighted by molar-refractivity contribution is -0.114. The Labute approximate surface area is 145 Å². The fourth-order valence-corrected chi connectivity index (χ4v) is 2.17. The lowest BCUT2D eigenvalue weighted by Gasteiger charge is -2.12. The number of ether oxygens (including phenoxy) is 3. The second-order valence-corrected chi connectivity index (χ2v) is 5.04. The molecule has 0 radical (unpaired) electrons. The van der Waals surface area contributed by atoms with Gasteiger partial charge in [-0.2, -0.15) is 0 Å². The molecule has 0 saturated carbocycles. The molecule has 0 aromatic heterocycles. The minimum atomic E-state index is -0.461. The maximum atomic E-state index is 12.1. The van der Waals surface area contributed by atoms with Gasteiger partial charge in [-0.05, 0) is 30.3 Å². The van der Waals surface area contributed by atoms with Crippen LogP contribution in [0, 0.1) is 0 Å². The number of methoxy groups -OCH3 is 3. The smallest absolute Gasteiger partial charge is 0.337 e. The molecule has 25 heavy (non-hydrogen) atoms. The van der Waals surface area contributed by atoms with Crippen molar-refractivity contribution in [2.24, 2.45) is 0 Å². The van der Waals surface area contributed by atoms with Gasteiger partial charge in [-0.3, -0.25) is 4.79 Å². The van der Waals surface area contributed by atoms with Crippen LogP contribution >= 0.6 is 0 Å². The Bertz CT molecular complexity index is 761. The zero-order chi connectivity index (χ0) is 18.2. The predicted octanol–water partition coefficient (Wildman–Crippen LogP) is 2.54. The van der Waals surface area contributed by atoms with E-state index >= 15 is 0 Å². The first-order valence-corrected chi connectivity index (χ1v) is 7.51. The first kappa shape index (κ1) is 18.1. The van der Waals surface area contributed by atoms with Crippen molar-refractivity contribution in [3.8, 4) is 11.5 Å². The van der Waals surface area contributed by atoms with Crippen LogP contribution in [0.2, 0.25) is 0 Å². The van der Waals surface area contributed by atoms with Crippen LogP contribution < -0.4 is 20.1 Å². The summed E-state index contributed by atoms with van der Waals surface area (Å²) in [4.78, 5) is 23.6. The predicted molar refractivity (Wildman–Crippen MR) is 94.4 cm³/mol. The lowest BCUT2D eigenvalue weighted by Crippen LogP contribution is -2.22. The van der Waals surface area contributed by atoms with E-state index in [1.54, 1.807) is 56.7 Å². The quantitative estimate of drug-likeness (QED) is 0.751. The highest BCUT2D eigenvalue weighted by molar-refractivity contribution is 5.96. The van der Waals surface area contributed by atoms with E-state index < -0.39 is 5.97 Å². The van der Waals surface area contributed by atoms with E-state index in [0.29, 0.717) is 28.4 Å². The van der Waals surface area contributed by atoms with Gasteiger partial charge >= 0.3 is 5.97 Å². The van der Waals surface area contributed by atoms with Crippen LogP contribution in [-0.2, 0) is 9.53 Å². The summed E-state index contributed by atoms with van der Waals surface area (Å²) >= 11 is 0. The van der Waals surface area contributed by atoms with Gasteiger partial charge in [-0.15, -0.1) is 0 Å². The van der Waals surface area contributed by atoms with E-state index in [0.717, 1.165) is 0 Å². The van der Waals surface area contributed by atoms with Crippen molar-refractivity contribution >= 4 is 23.3 Å². The molecule has 0 unspecified atom stereocenters. The number of nitrogens with one attached hydrogen (secondary N) is 2. The molecule has 7 heteroatoms. The summed E-state index contributed by atoms with van der Waals surface area (Å²) < 4.78 is 15.1. The summed E-state index contributed by atoms with van der Waals surface area (Å²) in [5, 5.41) is 5.72. The molecule has 0 atom stereocenters. The van der Waals surface area contributed by atoms with Gasteiger partial charge in [0.2, 0.25) is 5.91 Å². The van der Waals surface area contributed by atoms with Crippen molar-refractivity contribution in [1.82, 2.24) is 0 Å². The number of anilines is 2. The first-order chi connectivity index (χ1) is 12.1. The van der Waals surface area contributed by atoms with E-state index in [4.69, 9.17) is 9.47 Å². The number of hydrogen-bond acceptors (Lipinski definition) is 6. The van der Waals surface area contributed by atoms with E-state index in [1.165, 1.54) is 7.11 Å². The Kier molecular flexibility index (Phi) is 6.22. The zero-order valence-corrected chi connectivity index (χ0v) is 14.3. The summed E-state index contributed by atoms with van der Waals surface area (Å²) in [6.45, 7) is 0.0329. The minimum Gasteiger partial charge on any atom is -0.497 e. The van der Waals surface area contributed by atoms with E-state index in [9.17, 15) is 9.59 Å². The van der Waals surface area contributed by atoms with Gasteiger partial charge in [0.25, 0.3) is 0 Å². The molecule has 0 spiro atoms. The summed E-state index contributed by atoms with van der Waals surface area (Å²) in [6.07, 6.45) is 0. The molecular formula is C18H20N2O5. The van der Waals surface area contributed by atoms with Crippen LogP contribution in [0.25, 0.3) is 0 Å². The van der Waals surface area contributed by atoms with Crippen LogP contribution in [0.3, 0.4) is 0 Å².